The molecular weight excluding hydrogens is 253 g/mol. The van der Waals surface area contributed by atoms with Crippen molar-refractivity contribution in [3.63, 3.8) is 0 Å². The molecule has 0 radical (unpaired) electrons. The summed E-state index contributed by atoms with van der Waals surface area (Å²) in [7, 11) is 3.88. The van der Waals surface area contributed by atoms with Gasteiger partial charge in [-0.2, -0.15) is 5.10 Å². The summed E-state index contributed by atoms with van der Waals surface area (Å²) < 4.78 is 15.6. The van der Waals surface area contributed by atoms with Gasteiger partial charge in [0.2, 0.25) is 0 Å². The molecule has 2 aromatic rings. The predicted molar refractivity (Wildman–Crippen MR) is 79.2 cm³/mol. The van der Waals surface area contributed by atoms with Crippen LogP contribution in [0.25, 0.3) is 0 Å². The van der Waals surface area contributed by atoms with Crippen molar-refractivity contribution in [2.45, 2.75) is 32.2 Å². The lowest BCUT2D eigenvalue weighted by molar-refractivity contribution is 0.516. The van der Waals surface area contributed by atoms with Crippen LogP contribution in [0, 0.1) is 5.82 Å². The molecule has 0 spiro atoms. The fourth-order valence-corrected chi connectivity index (χ4v) is 2.39. The van der Waals surface area contributed by atoms with E-state index in [2.05, 4.69) is 23.4 Å². The van der Waals surface area contributed by atoms with Gasteiger partial charge in [-0.25, -0.2) is 4.39 Å². The van der Waals surface area contributed by atoms with Gasteiger partial charge in [-0.3, -0.25) is 4.68 Å². The van der Waals surface area contributed by atoms with E-state index in [-0.39, 0.29) is 11.9 Å². The first-order chi connectivity index (χ1) is 9.63. The molecule has 1 aromatic carbocycles. The van der Waals surface area contributed by atoms with Crippen LogP contribution < -0.4 is 5.32 Å². The van der Waals surface area contributed by atoms with Gasteiger partial charge in [0, 0.05) is 25.2 Å². The molecule has 1 heterocycles. The van der Waals surface area contributed by atoms with Crippen LogP contribution >= 0.6 is 0 Å². The van der Waals surface area contributed by atoms with Crippen LogP contribution in [0.2, 0.25) is 0 Å². The standard InChI is InChI=1S/C16H22FN3/c1-4-13-10-15(20(3)19-13)11-14(18-2)9-12-7-5-6-8-16(12)17/h5-8,10,14,18H,4,9,11H2,1-3H3. The SMILES string of the molecule is CCc1cc(CC(Cc2ccccc2F)NC)n(C)n1. The van der Waals surface area contributed by atoms with E-state index < -0.39 is 0 Å². The maximum absolute atomic E-state index is 13.7. The zero-order valence-corrected chi connectivity index (χ0v) is 12.4. The van der Waals surface area contributed by atoms with Gasteiger partial charge in [-0.15, -0.1) is 0 Å². The lowest BCUT2D eigenvalue weighted by Gasteiger charge is -2.16. The van der Waals surface area contributed by atoms with Crippen LogP contribution in [-0.2, 0) is 26.3 Å². The fraction of sp³-hybridized carbons (Fsp3) is 0.438. The number of aryl methyl sites for hydroxylation is 2. The Morgan fingerprint density at radius 3 is 2.65 bits per heavy atom. The van der Waals surface area contributed by atoms with E-state index in [1.165, 1.54) is 11.8 Å². The number of halogens is 1. The minimum Gasteiger partial charge on any atom is -0.316 e. The van der Waals surface area contributed by atoms with Crippen molar-refractivity contribution >= 4 is 0 Å². The monoisotopic (exact) mass is 275 g/mol. The van der Waals surface area contributed by atoms with Crippen molar-refractivity contribution in [2.75, 3.05) is 7.05 Å². The van der Waals surface area contributed by atoms with Crippen LogP contribution in [0.3, 0.4) is 0 Å². The molecule has 0 amide bonds. The Bertz CT molecular complexity index is 563. The average Bonchev–Trinajstić information content (AvgIpc) is 2.81. The molecule has 0 aliphatic rings. The van der Waals surface area contributed by atoms with Gasteiger partial charge in [0.05, 0.1) is 5.69 Å². The van der Waals surface area contributed by atoms with Crippen molar-refractivity contribution in [1.29, 1.82) is 0 Å². The molecule has 0 saturated heterocycles. The zero-order valence-electron chi connectivity index (χ0n) is 12.4. The summed E-state index contributed by atoms with van der Waals surface area (Å²) >= 11 is 0. The molecule has 1 N–H and O–H groups in total. The first-order valence-electron chi connectivity index (χ1n) is 7.06. The zero-order chi connectivity index (χ0) is 14.5. The minimum atomic E-state index is -0.132. The second kappa shape index (κ2) is 6.66. The summed E-state index contributed by atoms with van der Waals surface area (Å²) in [5.41, 5.74) is 3.03. The van der Waals surface area contributed by atoms with Crippen LogP contribution in [0.5, 0.6) is 0 Å². The number of nitrogens with zero attached hydrogens (tertiary/aromatic N) is 2. The van der Waals surface area contributed by atoms with E-state index >= 15 is 0 Å². The fourth-order valence-electron chi connectivity index (χ4n) is 2.39. The number of aromatic nitrogens is 2. The topological polar surface area (TPSA) is 29.9 Å². The van der Waals surface area contributed by atoms with Gasteiger partial charge < -0.3 is 5.32 Å². The summed E-state index contributed by atoms with van der Waals surface area (Å²) in [5, 5.41) is 7.73. The van der Waals surface area contributed by atoms with Crippen LogP contribution in [-0.4, -0.2) is 22.9 Å². The molecule has 1 atom stereocenters. The van der Waals surface area contributed by atoms with E-state index in [1.54, 1.807) is 6.07 Å². The highest BCUT2D eigenvalue weighted by atomic mass is 19.1. The summed E-state index contributed by atoms with van der Waals surface area (Å²) in [4.78, 5) is 0. The number of nitrogens with one attached hydrogen (secondary N) is 1. The maximum Gasteiger partial charge on any atom is 0.126 e. The molecule has 0 aliphatic carbocycles. The first-order valence-corrected chi connectivity index (χ1v) is 7.06. The minimum absolute atomic E-state index is 0.132. The Morgan fingerprint density at radius 2 is 2.05 bits per heavy atom. The molecule has 0 aliphatic heterocycles. The lowest BCUT2D eigenvalue weighted by atomic mass is 10.0. The van der Waals surface area contributed by atoms with Crippen molar-refractivity contribution < 1.29 is 4.39 Å². The molecule has 2 rings (SSSR count). The predicted octanol–water partition coefficient (Wildman–Crippen LogP) is 2.49. The largest absolute Gasteiger partial charge is 0.316 e. The van der Waals surface area contributed by atoms with Crippen molar-refractivity contribution in [3.05, 3.63) is 53.1 Å². The maximum atomic E-state index is 13.7. The first kappa shape index (κ1) is 14.7. The molecule has 0 saturated carbocycles. The van der Waals surface area contributed by atoms with E-state index in [1.807, 2.05) is 30.9 Å². The quantitative estimate of drug-likeness (QED) is 0.878. The molecule has 0 bridgehead atoms. The third kappa shape index (κ3) is 3.45. The second-order valence-corrected chi connectivity index (χ2v) is 5.09. The third-order valence-electron chi connectivity index (χ3n) is 3.68. The van der Waals surface area contributed by atoms with E-state index in [9.17, 15) is 4.39 Å². The van der Waals surface area contributed by atoms with Gasteiger partial charge >= 0.3 is 0 Å². The summed E-state index contributed by atoms with van der Waals surface area (Å²) in [6.07, 6.45) is 2.45. The van der Waals surface area contributed by atoms with Crippen LogP contribution in [0.15, 0.2) is 30.3 Å². The highest BCUT2D eigenvalue weighted by Crippen LogP contribution is 2.13. The van der Waals surface area contributed by atoms with Gasteiger partial charge in [0.25, 0.3) is 0 Å². The Hall–Kier alpha value is -1.68. The normalized spacial score (nSPS) is 12.6. The van der Waals surface area contributed by atoms with E-state index in [0.29, 0.717) is 6.42 Å². The van der Waals surface area contributed by atoms with Crippen molar-refractivity contribution in [2.24, 2.45) is 7.05 Å². The van der Waals surface area contributed by atoms with Gasteiger partial charge in [0.15, 0.2) is 0 Å². The number of rotatable bonds is 6. The Labute approximate surface area is 119 Å². The molecule has 1 unspecified atom stereocenters. The van der Waals surface area contributed by atoms with Gasteiger partial charge in [0.1, 0.15) is 5.82 Å². The number of hydrogen-bond donors (Lipinski definition) is 1. The van der Waals surface area contributed by atoms with Crippen LogP contribution in [0.4, 0.5) is 4.39 Å². The molecule has 3 nitrogen and oxygen atoms in total. The highest BCUT2D eigenvalue weighted by molar-refractivity contribution is 5.19. The van der Waals surface area contributed by atoms with E-state index in [4.69, 9.17) is 0 Å². The molecular formula is C16H22FN3. The summed E-state index contributed by atoms with van der Waals surface area (Å²) in [6, 6.07) is 9.30. The molecule has 20 heavy (non-hydrogen) atoms. The molecule has 0 fully saturated rings. The van der Waals surface area contributed by atoms with Crippen molar-refractivity contribution in [1.82, 2.24) is 15.1 Å². The Kier molecular flexibility index (Phi) is 4.90. The van der Waals surface area contributed by atoms with Crippen molar-refractivity contribution in [3.8, 4) is 0 Å². The lowest BCUT2D eigenvalue weighted by Crippen LogP contribution is -2.31. The Morgan fingerprint density at radius 1 is 1.30 bits per heavy atom. The molecule has 4 heteroatoms. The number of benzene rings is 1. The molecule has 1 aromatic heterocycles. The summed E-state index contributed by atoms with van der Waals surface area (Å²) in [6.45, 7) is 2.10. The third-order valence-corrected chi connectivity index (χ3v) is 3.68. The van der Waals surface area contributed by atoms with Gasteiger partial charge in [-0.1, -0.05) is 25.1 Å². The Balaban J connectivity index is 2.09. The van der Waals surface area contributed by atoms with E-state index in [0.717, 1.165) is 24.1 Å². The van der Waals surface area contributed by atoms with Crippen LogP contribution in [0.1, 0.15) is 23.9 Å². The smallest absolute Gasteiger partial charge is 0.126 e. The summed E-state index contributed by atoms with van der Waals surface area (Å²) in [5.74, 6) is -0.132. The van der Waals surface area contributed by atoms with Gasteiger partial charge in [-0.05, 0) is 37.6 Å². The second-order valence-electron chi connectivity index (χ2n) is 5.09. The average molecular weight is 275 g/mol. The number of likely N-dealkylation sites (N-methyl/N-ethyl adjacent to an activating group) is 1. The number of hydrogen-bond acceptors (Lipinski definition) is 2. The molecule has 108 valence electrons. The highest BCUT2D eigenvalue weighted by Gasteiger charge is 2.14.